The maximum atomic E-state index is 10.5. The number of aromatic nitrogens is 2. The van der Waals surface area contributed by atoms with E-state index in [0.717, 1.165) is 77.2 Å². The summed E-state index contributed by atoms with van der Waals surface area (Å²) in [6.45, 7) is 0. The van der Waals surface area contributed by atoms with E-state index in [4.69, 9.17) is 0 Å². The van der Waals surface area contributed by atoms with Crippen molar-refractivity contribution in [1.82, 2.24) is 9.13 Å². The van der Waals surface area contributed by atoms with Gasteiger partial charge in [-0.1, -0.05) is 91.0 Å². The standard InChI is InChI=1S/C45H25N5/c46-26-29-19-24-43-39(25-29)36-12-2-4-16-40(36)49(43)33-22-20-30(21-23-33)34-14-7-9-31(27-47)44(34)38-13-3-6-18-42(38)50-41-17-5-1-11-35(41)37-15-8-10-32(28-48)45(37)50/h1-25H. The number of benzene rings is 7. The number of rotatable bonds is 4. The molecule has 0 radical (unpaired) electrons. The van der Waals surface area contributed by atoms with Crippen molar-refractivity contribution in [2.45, 2.75) is 0 Å². The largest absolute Gasteiger partial charge is 0.309 e. The van der Waals surface area contributed by atoms with Gasteiger partial charge in [0.2, 0.25) is 0 Å². The van der Waals surface area contributed by atoms with E-state index in [1.807, 2.05) is 78.9 Å². The number of fused-ring (bicyclic) bond motifs is 6. The number of nitriles is 3. The van der Waals surface area contributed by atoms with Crippen LogP contribution < -0.4 is 0 Å². The van der Waals surface area contributed by atoms with Crippen LogP contribution in [0.25, 0.3) is 77.2 Å². The van der Waals surface area contributed by atoms with Crippen molar-refractivity contribution in [3.8, 4) is 51.8 Å². The van der Waals surface area contributed by atoms with Crippen LogP contribution in [0.3, 0.4) is 0 Å². The zero-order valence-corrected chi connectivity index (χ0v) is 26.7. The lowest BCUT2D eigenvalue weighted by Gasteiger charge is -2.18. The highest BCUT2D eigenvalue weighted by Crippen LogP contribution is 2.42. The van der Waals surface area contributed by atoms with Gasteiger partial charge in [-0.3, -0.25) is 0 Å². The lowest BCUT2D eigenvalue weighted by atomic mass is 9.89. The van der Waals surface area contributed by atoms with Crippen LogP contribution in [0.1, 0.15) is 16.7 Å². The Kier molecular flexibility index (Phi) is 6.56. The molecule has 50 heavy (non-hydrogen) atoms. The van der Waals surface area contributed by atoms with Crippen molar-refractivity contribution in [3.63, 3.8) is 0 Å². The van der Waals surface area contributed by atoms with Gasteiger partial charge in [-0.2, -0.15) is 15.8 Å². The summed E-state index contributed by atoms with van der Waals surface area (Å²) in [5.41, 5.74) is 11.2. The highest BCUT2D eigenvalue weighted by Gasteiger charge is 2.21. The Hall–Kier alpha value is -7.39. The quantitative estimate of drug-likeness (QED) is 0.193. The predicted octanol–water partition coefficient (Wildman–Crippen LogP) is 10.8. The highest BCUT2D eigenvalue weighted by atomic mass is 15.0. The van der Waals surface area contributed by atoms with Crippen molar-refractivity contribution >= 4 is 43.6 Å². The first-order chi connectivity index (χ1) is 24.7. The molecule has 9 aromatic rings. The van der Waals surface area contributed by atoms with Crippen LogP contribution >= 0.6 is 0 Å². The van der Waals surface area contributed by atoms with E-state index in [0.29, 0.717) is 16.7 Å². The molecule has 0 spiro atoms. The first kappa shape index (κ1) is 28.8. The fourth-order valence-electron chi connectivity index (χ4n) is 7.53. The van der Waals surface area contributed by atoms with Gasteiger partial charge in [0.15, 0.2) is 0 Å². The highest BCUT2D eigenvalue weighted by molar-refractivity contribution is 6.12. The van der Waals surface area contributed by atoms with Gasteiger partial charge < -0.3 is 9.13 Å². The number of para-hydroxylation sites is 4. The third-order valence-corrected chi connectivity index (χ3v) is 9.65. The van der Waals surface area contributed by atoms with Crippen molar-refractivity contribution in [1.29, 1.82) is 15.8 Å². The Morgan fingerprint density at radius 2 is 1.02 bits per heavy atom. The summed E-state index contributed by atoms with van der Waals surface area (Å²) in [6, 6.07) is 57.7. The van der Waals surface area contributed by atoms with Gasteiger partial charge in [-0.15, -0.1) is 0 Å². The third kappa shape index (κ3) is 4.24. The molecule has 5 nitrogen and oxygen atoms in total. The number of hydrogen-bond acceptors (Lipinski definition) is 3. The Bertz CT molecular complexity index is 2960. The summed E-state index contributed by atoms with van der Waals surface area (Å²) in [5.74, 6) is 0. The van der Waals surface area contributed by atoms with Gasteiger partial charge in [0, 0.05) is 38.4 Å². The van der Waals surface area contributed by atoms with Crippen molar-refractivity contribution < 1.29 is 0 Å². The lowest BCUT2D eigenvalue weighted by Crippen LogP contribution is -2.00. The molecule has 0 fully saturated rings. The minimum atomic E-state index is 0.566. The monoisotopic (exact) mass is 635 g/mol. The average molecular weight is 636 g/mol. The van der Waals surface area contributed by atoms with Gasteiger partial charge in [-0.25, -0.2) is 0 Å². The molecule has 0 aliphatic rings. The Morgan fingerprint density at radius 1 is 0.420 bits per heavy atom. The molecule has 0 bridgehead atoms. The molecule has 230 valence electrons. The Morgan fingerprint density at radius 3 is 1.78 bits per heavy atom. The van der Waals surface area contributed by atoms with E-state index in [1.54, 1.807) is 0 Å². The van der Waals surface area contributed by atoms with E-state index in [9.17, 15) is 15.8 Å². The molecule has 5 heteroatoms. The molecule has 0 unspecified atom stereocenters. The summed E-state index contributed by atoms with van der Waals surface area (Å²) < 4.78 is 4.39. The summed E-state index contributed by atoms with van der Waals surface area (Å²) in [7, 11) is 0. The lowest BCUT2D eigenvalue weighted by molar-refractivity contribution is 1.17. The van der Waals surface area contributed by atoms with E-state index in [2.05, 4.69) is 100 Å². The minimum absolute atomic E-state index is 0.566. The van der Waals surface area contributed by atoms with Gasteiger partial charge in [0.1, 0.15) is 6.07 Å². The average Bonchev–Trinajstić information content (AvgIpc) is 3.70. The van der Waals surface area contributed by atoms with Gasteiger partial charge >= 0.3 is 0 Å². The Balaban J connectivity index is 1.25. The first-order valence-electron chi connectivity index (χ1n) is 16.3. The molecule has 2 heterocycles. The second-order valence-electron chi connectivity index (χ2n) is 12.3. The first-order valence-corrected chi connectivity index (χ1v) is 16.3. The topological polar surface area (TPSA) is 81.2 Å². The van der Waals surface area contributed by atoms with Gasteiger partial charge in [-0.05, 0) is 71.8 Å². The second-order valence-corrected chi connectivity index (χ2v) is 12.3. The maximum absolute atomic E-state index is 10.5. The predicted molar refractivity (Wildman–Crippen MR) is 200 cm³/mol. The maximum Gasteiger partial charge on any atom is 0.101 e. The minimum Gasteiger partial charge on any atom is -0.309 e. The normalized spacial score (nSPS) is 11.1. The zero-order valence-electron chi connectivity index (χ0n) is 26.7. The smallest absolute Gasteiger partial charge is 0.101 e. The molecular formula is C45H25N5. The van der Waals surface area contributed by atoms with E-state index >= 15 is 0 Å². The van der Waals surface area contributed by atoms with Crippen LogP contribution in [0.4, 0.5) is 0 Å². The number of hydrogen-bond donors (Lipinski definition) is 0. The van der Waals surface area contributed by atoms with Gasteiger partial charge in [0.05, 0.1) is 56.6 Å². The van der Waals surface area contributed by atoms with Crippen LogP contribution in [0.2, 0.25) is 0 Å². The molecule has 0 amide bonds. The van der Waals surface area contributed by atoms with Crippen molar-refractivity contribution in [2.24, 2.45) is 0 Å². The van der Waals surface area contributed by atoms with Gasteiger partial charge in [0.25, 0.3) is 0 Å². The van der Waals surface area contributed by atoms with Crippen LogP contribution in [-0.2, 0) is 0 Å². The zero-order chi connectivity index (χ0) is 33.8. The SMILES string of the molecule is N#Cc1ccc2c(c1)c1ccccc1n2-c1ccc(-c2cccc(C#N)c2-c2ccccc2-n2c3ccccc3c3cccc(C#N)c32)cc1. The summed E-state index contributed by atoms with van der Waals surface area (Å²) in [6.07, 6.45) is 0. The van der Waals surface area contributed by atoms with E-state index in [-0.39, 0.29) is 0 Å². The second kappa shape index (κ2) is 11.4. The fourth-order valence-corrected chi connectivity index (χ4v) is 7.53. The molecule has 7 aromatic carbocycles. The molecule has 9 rings (SSSR count). The van der Waals surface area contributed by atoms with Crippen LogP contribution in [0, 0.1) is 34.0 Å². The molecule has 0 aliphatic carbocycles. The van der Waals surface area contributed by atoms with E-state index in [1.165, 1.54) is 0 Å². The van der Waals surface area contributed by atoms with Crippen molar-refractivity contribution in [3.05, 3.63) is 168 Å². The molecule has 0 atom stereocenters. The fraction of sp³-hybridized carbons (Fsp3) is 0. The summed E-state index contributed by atoms with van der Waals surface area (Å²) in [5, 5.41) is 34.5. The van der Waals surface area contributed by atoms with Crippen LogP contribution in [-0.4, -0.2) is 9.13 Å². The number of nitrogens with zero attached hydrogens (tertiary/aromatic N) is 5. The molecular weight excluding hydrogens is 611 g/mol. The van der Waals surface area contributed by atoms with Crippen LogP contribution in [0.5, 0.6) is 0 Å². The van der Waals surface area contributed by atoms with Crippen LogP contribution in [0.15, 0.2) is 152 Å². The molecule has 0 N–H and O–H groups in total. The summed E-state index contributed by atoms with van der Waals surface area (Å²) >= 11 is 0. The van der Waals surface area contributed by atoms with Crippen molar-refractivity contribution in [2.75, 3.05) is 0 Å². The van der Waals surface area contributed by atoms with E-state index < -0.39 is 0 Å². The Labute approximate surface area is 287 Å². The third-order valence-electron chi connectivity index (χ3n) is 9.65. The molecule has 0 saturated carbocycles. The molecule has 0 saturated heterocycles. The molecule has 2 aromatic heterocycles. The molecule has 0 aliphatic heterocycles. The summed E-state index contributed by atoms with van der Waals surface area (Å²) in [4.78, 5) is 0.